The van der Waals surface area contributed by atoms with Gasteiger partial charge in [0.15, 0.2) is 0 Å². The third-order valence-electron chi connectivity index (χ3n) is 3.06. The SMILES string of the molecule is CCCCCOCCOCCOCCOCCOCCOC(C)C. The van der Waals surface area contributed by atoms with Crippen LogP contribution in [0.4, 0.5) is 0 Å². The number of hydrogen-bond acceptors (Lipinski definition) is 6. The summed E-state index contributed by atoms with van der Waals surface area (Å²) in [6, 6.07) is 0. The van der Waals surface area contributed by atoms with Gasteiger partial charge in [0.1, 0.15) is 0 Å². The molecule has 0 rings (SSSR count). The van der Waals surface area contributed by atoms with Gasteiger partial charge < -0.3 is 28.4 Å². The second-order valence-electron chi connectivity index (χ2n) is 5.69. The molecule has 0 bridgehead atoms. The molecule has 24 heavy (non-hydrogen) atoms. The molecule has 0 heterocycles. The Kier molecular flexibility index (Phi) is 20.6. The van der Waals surface area contributed by atoms with Crippen LogP contribution in [0.15, 0.2) is 0 Å². The summed E-state index contributed by atoms with van der Waals surface area (Å²) in [5.74, 6) is 0. The summed E-state index contributed by atoms with van der Waals surface area (Å²) >= 11 is 0. The summed E-state index contributed by atoms with van der Waals surface area (Å²) in [7, 11) is 0. The fraction of sp³-hybridized carbons (Fsp3) is 1.00. The lowest BCUT2D eigenvalue weighted by atomic mass is 10.3. The minimum atomic E-state index is 0.254. The van der Waals surface area contributed by atoms with Crippen LogP contribution in [0.3, 0.4) is 0 Å². The molecule has 0 unspecified atom stereocenters. The van der Waals surface area contributed by atoms with E-state index in [1.807, 2.05) is 13.8 Å². The minimum Gasteiger partial charge on any atom is -0.379 e. The lowest BCUT2D eigenvalue weighted by Gasteiger charge is -2.09. The molecule has 0 aromatic rings. The van der Waals surface area contributed by atoms with Gasteiger partial charge in [-0.25, -0.2) is 0 Å². The highest BCUT2D eigenvalue weighted by molar-refractivity contribution is 4.39. The second-order valence-corrected chi connectivity index (χ2v) is 5.69. The average Bonchev–Trinajstić information content (AvgIpc) is 2.56. The van der Waals surface area contributed by atoms with Crippen LogP contribution in [0.1, 0.15) is 40.0 Å². The second kappa shape index (κ2) is 20.8. The van der Waals surface area contributed by atoms with E-state index < -0.39 is 0 Å². The summed E-state index contributed by atoms with van der Waals surface area (Å²) < 4.78 is 32.4. The van der Waals surface area contributed by atoms with Crippen molar-refractivity contribution in [1.29, 1.82) is 0 Å². The van der Waals surface area contributed by atoms with Gasteiger partial charge in [-0.1, -0.05) is 19.8 Å². The predicted octanol–water partition coefficient (Wildman–Crippen LogP) is 2.68. The maximum Gasteiger partial charge on any atom is 0.0703 e. The topological polar surface area (TPSA) is 55.4 Å². The Hall–Kier alpha value is -0.240. The van der Waals surface area contributed by atoms with Gasteiger partial charge in [-0.15, -0.1) is 0 Å². The van der Waals surface area contributed by atoms with Crippen molar-refractivity contribution in [1.82, 2.24) is 0 Å². The molecule has 0 atom stereocenters. The van der Waals surface area contributed by atoms with Crippen molar-refractivity contribution in [2.75, 3.05) is 72.7 Å². The van der Waals surface area contributed by atoms with Crippen LogP contribution >= 0.6 is 0 Å². The van der Waals surface area contributed by atoms with Crippen molar-refractivity contribution >= 4 is 0 Å². The van der Waals surface area contributed by atoms with Crippen molar-refractivity contribution < 1.29 is 28.4 Å². The summed E-state index contributed by atoms with van der Waals surface area (Å²) in [4.78, 5) is 0. The number of rotatable bonds is 20. The van der Waals surface area contributed by atoms with E-state index in [1.54, 1.807) is 0 Å². The Morgan fingerprint density at radius 1 is 0.500 bits per heavy atom. The van der Waals surface area contributed by atoms with Crippen LogP contribution in [-0.2, 0) is 28.4 Å². The van der Waals surface area contributed by atoms with Crippen LogP contribution in [0.5, 0.6) is 0 Å². The van der Waals surface area contributed by atoms with Crippen molar-refractivity contribution in [3.63, 3.8) is 0 Å². The first-order valence-electron chi connectivity index (χ1n) is 9.27. The standard InChI is InChI=1S/C18H38O6/c1-4-5-6-7-19-8-9-20-10-11-21-12-13-22-14-15-23-16-17-24-18(2)3/h18H,4-17H2,1-3H3. The summed E-state index contributed by atoms with van der Waals surface area (Å²) in [6.07, 6.45) is 3.84. The Labute approximate surface area is 148 Å². The van der Waals surface area contributed by atoms with Gasteiger partial charge in [-0.2, -0.15) is 0 Å². The molecule has 0 aliphatic carbocycles. The zero-order chi connectivity index (χ0) is 17.7. The first-order valence-corrected chi connectivity index (χ1v) is 9.27. The van der Waals surface area contributed by atoms with Gasteiger partial charge in [0.2, 0.25) is 0 Å². The average molecular weight is 350 g/mol. The fourth-order valence-electron chi connectivity index (χ4n) is 1.78. The third-order valence-corrected chi connectivity index (χ3v) is 3.06. The first kappa shape index (κ1) is 23.8. The predicted molar refractivity (Wildman–Crippen MR) is 94.7 cm³/mol. The number of hydrogen-bond donors (Lipinski definition) is 0. The smallest absolute Gasteiger partial charge is 0.0703 e. The van der Waals surface area contributed by atoms with Crippen molar-refractivity contribution in [3.05, 3.63) is 0 Å². The Balaban J connectivity index is 2.95. The molecule has 0 N–H and O–H groups in total. The van der Waals surface area contributed by atoms with Gasteiger partial charge in [0.05, 0.1) is 72.2 Å². The van der Waals surface area contributed by atoms with Crippen LogP contribution in [0.25, 0.3) is 0 Å². The molecular formula is C18H38O6. The molecule has 146 valence electrons. The van der Waals surface area contributed by atoms with E-state index in [-0.39, 0.29) is 6.10 Å². The van der Waals surface area contributed by atoms with Crippen LogP contribution in [-0.4, -0.2) is 78.8 Å². The van der Waals surface area contributed by atoms with Crippen molar-refractivity contribution in [2.24, 2.45) is 0 Å². The van der Waals surface area contributed by atoms with E-state index in [2.05, 4.69) is 6.92 Å². The highest BCUT2D eigenvalue weighted by Gasteiger charge is 1.95. The minimum absolute atomic E-state index is 0.254. The van der Waals surface area contributed by atoms with Crippen LogP contribution in [0.2, 0.25) is 0 Å². The summed E-state index contributed by atoms with van der Waals surface area (Å²) in [5.41, 5.74) is 0. The van der Waals surface area contributed by atoms with E-state index in [0.29, 0.717) is 66.1 Å². The van der Waals surface area contributed by atoms with E-state index in [0.717, 1.165) is 13.0 Å². The molecule has 0 saturated carbocycles. The lowest BCUT2D eigenvalue weighted by molar-refractivity contribution is -0.0213. The van der Waals surface area contributed by atoms with Gasteiger partial charge >= 0.3 is 0 Å². The Morgan fingerprint density at radius 2 is 0.875 bits per heavy atom. The molecular weight excluding hydrogens is 312 g/mol. The molecule has 0 amide bonds. The monoisotopic (exact) mass is 350 g/mol. The third kappa shape index (κ3) is 21.8. The molecule has 0 fully saturated rings. The molecule has 6 nitrogen and oxygen atoms in total. The fourth-order valence-corrected chi connectivity index (χ4v) is 1.78. The molecule has 0 aliphatic heterocycles. The normalized spacial score (nSPS) is 11.5. The molecule has 6 heteroatoms. The van der Waals surface area contributed by atoms with Crippen molar-refractivity contribution in [3.8, 4) is 0 Å². The van der Waals surface area contributed by atoms with E-state index in [4.69, 9.17) is 28.4 Å². The van der Waals surface area contributed by atoms with E-state index in [1.165, 1.54) is 12.8 Å². The highest BCUT2D eigenvalue weighted by atomic mass is 16.6. The lowest BCUT2D eigenvalue weighted by Crippen LogP contribution is -2.14. The van der Waals surface area contributed by atoms with E-state index >= 15 is 0 Å². The molecule has 0 aromatic carbocycles. The van der Waals surface area contributed by atoms with Gasteiger partial charge in [0, 0.05) is 6.61 Å². The maximum atomic E-state index is 5.45. The summed E-state index contributed by atoms with van der Waals surface area (Å²) in [6.45, 7) is 13.1. The van der Waals surface area contributed by atoms with Gasteiger partial charge in [-0.3, -0.25) is 0 Å². The summed E-state index contributed by atoms with van der Waals surface area (Å²) in [5, 5.41) is 0. The number of ether oxygens (including phenoxy) is 6. The van der Waals surface area contributed by atoms with Gasteiger partial charge in [-0.05, 0) is 20.3 Å². The molecule has 0 radical (unpaired) electrons. The largest absolute Gasteiger partial charge is 0.379 e. The zero-order valence-electron chi connectivity index (χ0n) is 15.9. The maximum absolute atomic E-state index is 5.45. The van der Waals surface area contributed by atoms with Crippen LogP contribution < -0.4 is 0 Å². The quantitative estimate of drug-likeness (QED) is 0.315. The van der Waals surface area contributed by atoms with Crippen molar-refractivity contribution in [2.45, 2.75) is 46.1 Å². The van der Waals surface area contributed by atoms with E-state index in [9.17, 15) is 0 Å². The Bertz CT molecular complexity index is 226. The first-order chi connectivity index (χ1) is 11.8. The molecule has 0 spiro atoms. The number of unbranched alkanes of at least 4 members (excludes halogenated alkanes) is 2. The molecule has 0 aliphatic rings. The van der Waals surface area contributed by atoms with Gasteiger partial charge in [0.25, 0.3) is 0 Å². The molecule has 0 aromatic heterocycles. The zero-order valence-corrected chi connectivity index (χ0v) is 15.9. The van der Waals surface area contributed by atoms with Crippen LogP contribution in [0, 0.1) is 0 Å². The molecule has 0 saturated heterocycles. The highest BCUT2D eigenvalue weighted by Crippen LogP contribution is 1.93. The Morgan fingerprint density at radius 3 is 1.25 bits per heavy atom.